The van der Waals surface area contributed by atoms with Crippen LogP contribution in [0.5, 0.6) is 0 Å². The lowest BCUT2D eigenvalue weighted by Crippen LogP contribution is -2.35. The Bertz CT molecular complexity index is 1120. The SMILES string of the molecule is N#Cc1ccc(Cl)cc1NC(=O)COC(=O)Cc1ccc(S(=O)(=O)N2CCCCC2)s1. The van der Waals surface area contributed by atoms with Gasteiger partial charge >= 0.3 is 5.97 Å². The summed E-state index contributed by atoms with van der Waals surface area (Å²) in [6.45, 7) is 0.472. The van der Waals surface area contributed by atoms with Crippen LogP contribution < -0.4 is 5.32 Å². The molecule has 0 saturated carbocycles. The number of hydrogen-bond acceptors (Lipinski definition) is 7. The molecule has 0 bridgehead atoms. The minimum Gasteiger partial charge on any atom is -0.455 e. The number of rotatable bonds is 7. The third kappa shape index (κ3) is 6.04. The van der Waals surface area contributed by atoms with Gasteiger partial charge in [-0.05, 0) is 43.2 Å². The Morgan fingerprint density at radius 1 is 1.19 bits per heavy atom. The molecule has 0 aliphatic carbocycles. The van der Waals surface area contributed by atoms with E-state index in [2.05, 4.69) is 5.32 Å². The maximum absolute atomic E-state index is 12.7. The second-order valence-corrected chi connectivity index (χ2v) is 10.6. The Hall–Kier alpha value is -2.45. The van der Waals surface area contributed by atoms with Gasteiger partial charge in [0.1, 0.15) is 10.3 Å². The number of nitrogens with one attached hydrogen (secondary N) is 1. The molecule has 1 amide bonds. The van der Waals surface area contributed by atoms with Gasteiger partial charge in [0.25, 0.3) is 15.9 Å². The van der Waals surface area contributed by atoms with Gasteiger partial charge in [0.15, 0.2) is 6.61 Å². The van der Waals surface area contributed by atoms with Crippen molar-refractivity contribution in [1.29, 1.82) is 5.26 Å². The number of sulfonamides is 1. The Morgan fingerprint density at radius 2 is 1.94 bits per heavy atom. The van der Waals surface area contributed by atoms with E-state index in [1.54, 1.807) is 6.07 Å². The third-order valence-electron chi connectivity index (χ3n) is 4.61. The number of esters is 1. The summed E-state index contributed by atoms with van der Waals surface area (Å²) < 4.78 is 32.0. The number of ether oxygens (including phenoxy) is 1. The first-order chi connectivity index (χ1) is 14.8. The zero-order chi connectivity index (χ0) is 22.4. The van der Waals surface area contributed by atoms with Gasteiger partial charge in [-0.15, -0.1) is 11.3 Å². The second kappa shape index (κ2) is 10.2. The minimum atomic E-state index is -3.55. The highest BCUT2D eigenvalue weighted by Gasteiger charge is 2.27. The number of piperidine rings is 1. The number of hydrogen-bond donors (Lipinski definition) is 1. The Labute approximate surface area is 189 Å². The van der Waals surface area contributed by atoms with Crippen molar-refractivity contribution < 1.29 is 22.7 Å². The maximum atomic E-state index is 12.7. The summed E-state index contributed by atoms with van der Waals surface area (Å²) >= 11 is 6.89. The van der Waals surface area contributed by atoms with Crippen LogP contribution in [0.3, 0.4) is 0 Å². The van der Waals surface area contributed by atoms with Gasteiger partial charge in [0.05, 0.1) is 17.7 Å². The number of carbonyl (C=O) groups is 2. The van der Waals surface area contributed by atoms with Gasteiger partial charge in [-0.1, -0.05) is 18.0 Å². The van der Waals surface area contributed by atoms with Crippen LogP contribution in [0.4, 0.5) is 5.69 Å². The topological polar surface area (TPSA) is 117 Å². The van der Waals surface area contributed by atoms with Crippen molar-refractivity contribution >= 4 is 50.5 Å². The molecule has 1 N–H and O–H groups in total. The van der Waals surface area contributed by atoms with Crippen molar-refractivity contribution in [3.05, 3.63) is 45.8 Å². The van der Waals surface area contributed by atoms with Gasteiger partial charge in [-0.2, -0.15) is 9.57 Å². The predicted octanol–water partition coefficient (Wildman–Crippen LogP) is 3.17. The number of benzene rings is 1. The molecule has 2 aromatic rings. The van der Waals surface area contributed by atoms with Crippen molar-refractivity contribution in [2.45, 2.75) is 29.9 Å². The molecule has 1 aliphatic heterocycles. The van der Waals surface area contributed by atoms with E-state index in [4.69, 9.17) is 21.6 Å². The Kier molecular flexibility index (Phi) is 7.67. The summed E-state index contributed by atoms with van der Waals surface area (Å²) in [4.78, 5) is 24.6. The molecule has 0 atom stereocenters. The van der Waals surface area contributed by atoms with E-state index in [1.807, 2.05) is 6.07 Å². The molecule has 1 aromatic carbocycles. The average Bonchev–Trinajstić information content (AvgIpc) is 3.22. The van der Waals surface area contributed by atoms with E-state index in [0.717, 1.165) is 30.6 Å². The highest BCUT2D eigenvalue weighted by Crippen LogP contribution is 2.27. The molecule has 2 heterocycles. The van der Waals surface area contributed by atoms with E-state index in [1.165, 1.54) is 28.6 Å². The van der Waals surface area contributed by atoms with Crippen LogP contribution in [0.25, 0.3) is 0 Å². The molecule has 0 spiro atoms. The molecule has 8 nitrogen and oxygen atoms in total. The van der Waals surface area contributed by atoms with Crippen LogP contribution in [0.2, 0.25) is 5.02 Å². The standard InChI is InChI=1S/C20H20ClN3O5S2/c21-15-5-4-14(12-22)17(10-15)23-18(25)13-29-19(26)11-16-6-7-20(30-16)31(27,28)24-8-2-1-3-9-24/h4-7,10H,1-3,8-9,11,13H2,(H,23,25). The summed E-state index contributed by atoms with van der Waals surface area (Å²) in [7, 11) is -3.55. The summed E-state index contributed by atoms with van der Waals surface area (Å²) in [5.74, 6) is -1.28. The van der Waals surface area contributed by atoms with Gasteiger partial charge < -0.3 is 10.1 Å². The molecule has 164 valence electrons. The molecule has 3 rings (SSSR count). The van der Waals surface area contributed by atoms with E-state index in [-0.39, 0.29) is 21.9 Å². The lowest BCUT2D eigenvalue weighted by molar-refractivity contribution is -0.146. The largest absolute Gasteiger partial charge is 0.455 e. The van der Waals surface area contributed by atoms with E-state index < -0.39 is 28.5 Å². The molecular weight excluding hydrogens is 462 g/mol. The molecule has 11 heteroatoms. The lowest BCUT2D eigenvalue weighted by atomic mass is 10.2. The van der Waals surface area contributed by atoms with Crippen LogP contribution in [-0.2, 0) is 30.8 Å². The smallest absolute Gasteiger partial charge is 0.311 e. The van der Waals surface area contributed by atoms with Gasteiger partial charge in [0.2, 0.25) is 0 Å². The van der Waals surface area contributed by atoms with Crippen LogP contribution in [-0.4, -0.2) is 44.3 Å². The van der Waals surface area contributed by atoms with Crippen LogP contribution in [0.15, 0.2) is 34.5 Å². The van der Waals surface area contributed by atoms with Crippen molar-refractivity contribution in [1.82, 2.24) is 4.31 Å². The predicted molar refractivity (Wildman–Crippen MR) is 116 cm³/mol. The van der Waals surface area contributed by atoms with Gasteiger partial charge in [-0.25, -0.2) is 8.42 Å². The number of carbonyl (C=O) groups excluding carboxylic acids is 2. The average molecular weight is 482 g/mol. The van der Waals surface area contributed by atoms with Gasteiger partial charge in [-0.3, -0.25) is 9.59 Å². The number of nitriles is 1. The van der Waals surface area contributed by atoms with Crippen LogP contribution >= 0.6 is 22.9 Å². The van der Waals surface area contributed by atoms with E-state index >= 15 is 0 Å². The summed E-state index contributed by atoms with van der Waals surface area (Å²) in [5.41, 5.74) is 0.451. The first-order valence-corrected chi connectivity index (χ1v) is 12.2. The number of amides is 1. The lowest BCUT2D eigenvalue weighted by Gasteiger charge is -2.25. The highest BCUT2D eigenvalue weighted by molar-refractivity contribution is 7.91. The van der Waals surface area contributed by atoms with E-state index in [9.17, 15) is 18.0 Å². The van der Waals surface area contributed by atoms with Crippen LogP contribution in [0, 0.1) is 11.3 Å². The molecule has 0 unspecified atom stereocenters. The molecule has 1 fully saturated rings. The highest BCUT2D eigenvalue weighted by atomic mass is 35.5. The number of thiophene rings is 1. The number of nitrogens with zero attached hydrogens (tertiary/aromatic N) is 2. The van der Waals surface area contributed by atoms with Crippen molar-refractivity contribution in [3.63, 3.8) is 0 Å². The fourth-order valence-electron chi connectivity index (χ4n) is 3.07. The first-order valence-electron chi connectivity index (χ1n) is 9.53. The Balaban J connectivity index is 1.53. The van der Waals surface area contributed by atoms with Crippen molar-refractivity contribution in [2.75, 3.05) is 25.0 Å². The monoisotopic (exact) mass is 481 g/mol. The molecule has 31 heavy (non-hydrogen) atoms. The fraction of sp³-hybridized carbons (Fsp3) is 0.350. The third-order valence-corrected chi connectivity index (χ3v) is 8.29. The molecule has 0 radical (unpaired) electrons. The fourth-order valence-corrected chi connectivity index (χ4v) is 6.25. The second-order valence-electron chi connectivity index (χ2n) is 6.87. The normalized spacial score (nSPS) is 14.6. The minimum absolute atomic E-state index is 0.145. The summed E-state index contributed by atoms with van der Waals surface area (Å²) in [5, 5.41) is 11.9. The molecular formula is C20H20ClN3O5S2. The van der Waals surface area contributed by atoms with Crippen LogP contribution in [0.1, 0.15) is 29.7 Å². The summed E-state index contributed by atoms with van der Waals surface area (Å²) in [6, 6.07) is 9.42. The van der Waals surface area contributed by atoms with Crippen molar-refractivity contribution in [2.24, 2.45) is 0 Å². The van der Waals surface area contributed by atoms with Gasteiger partial charge in [0, 0.05) is 23.0 Å². The molecule has 1 aromatic heterocycles. The zero-order valence-corrected chi connectivity index (χ0v) is 18.9. The maximum Gasteiger partial charge on any atom is 0.311 e. The Morgan fingerprint density at radius 3 is 2.65 bits per heavy atom. The zero-order valence-electron chi connectivity index (χ0n) is 16.5. The quantitative estimate of drug-likeness (QED) is 0.607. The molecule has 1 aliphatic rings. The summed E-state index contributed by atoms with van der Waals surface area (Å²) in [6.07, 6.45) is 2.57. The number of halogens is 1. The number of anilines is 1. The van der Waals surface area contributed by atoms with E-state index in [0.29, 0.717) is 23.0 Å². The van der Waals surface area contributed by atoms with Crippen molar-refractivity contribution in [3.8, 4) is 6.07 Å². The molecule has 1 saturated heterocycles. The first kappa shape index (κ1) is 23.2.